The molecule has 2 N–H and O–H groups in total. The predicted molar refractivity (Wildman–Crippen MR) is 109 cm³/mol. The van der Waals surface area contributed by atoms with E-state index >= 15 is 0 Å². The number of rotatable bonds is 10. The molecule has 0 saturated carbocycles. The van der Waals surface area contributed by atoms with E-state index in [1.165, 1.54) is 5.69 Å². The standard InChI is InChI=1S/C21H30N4O/c1-4-7-8-13-23-21(26)17-14-19(16-22-15-17)24-18-9-11-20(12-10-18)25(5-2)6-3/h9-12,14-16,24H,4-8,13H2,1-3H3,(H,23,26). The number of unbranched alkanes of at least 4 members (excludes halogenated alkanes) is 2. The van der Waals surface area contributed by atoms with Crippen LogP contribution in [0.2, 0.25) is 0 Å². The van der Waals surface area contributed by atoms with Gasteiger partial charge in [0.2, 0.25) is 0 Å². The summed E-state index contributed by atoms with van der Waals surface area (Å²) in [5.41, 5.74) is 3.56. The Labute approximate surface area is 156 Å². The molecule has 5 heteroatoms. The van der Waals surface area contributed by atoms with Crippen molar-refractivity contribution in [1.82, 2.24) is 10.3 Å². The Hall–Kier alpha value is -2.56. The van der Waals surface area contributed by atoms with Gasteiger partial charge in [-0.2, -0.15) is 0 Å². The van der Waals surface area contributed by atoms with Crippen LogP contribution in [0.1, 0.15) is 50.4 Å². The average molecular weight is 354 g/mol. The van der Waals surface area contributed by atoms with E-state index in [1.807, 2.05) is 18.2 Å². The van der Waals surface area contributed by atoms with Gasteiger partial charge >= 0.3 is 0 Å². The number of anilines is 3. The highest BCUT2D eigenvalue weighted by Crippen LogP contribution is 2.21. The van der Waals surface area contributed by atoms with Crippen molar-refractivity contribution in [2.24, 2.45) is 0 Å². The van der Waals surface area contributed by atoms with Crippen LogP contribution in [-0.4, -0.2) is 30.5 Å². The number of carbonyl (C=O) groups excluding carboxylic acids is 1. The van der Waals surface area contributed by atoms with Crippen LogP contribution in [0.25, 0.3) is 0 Å². The number of hydrogen-bond acceptors (Lipinski definition) is 4. The number of nitrogens with one attached hydrogen (secondary N) is 2. The van der Waals surface area contributed by atoms with E-state index in [0.717, 1.165) is 43.7 Å². The van der Waals surface area contributed by atoms with Gasteiger partial charge in [0.1, 0.15) is 0 Å². The SMILES string of the molecule is CCCCCNC(=O)c1cncc(Nc2ccc(N(CC)CC)cc2)c1. The minimum atomic E-state index is -0.0749. The Morgan fingerprint density at radius 3 is 2.38 bits per heavy atom. The molecular formula is C21H30N4O. The van der Waals surface area contributed by atoms with Crippen molar-refractivity contribution in [1.29, 1.82) is 0 Å². The van der Waals surface area contributed by atoms with Crippen LogP contribution >= 0.6 is 0 Å². The number of amides is 1. The zero-order valence-corrected chi connectivity index (χ0v) is 16.1. The summed E-state index contributed by atoms with van der Waals surface area (Å²) < 4.78 is 0. The lowest BCUT2D eigenvalue weighted by atomic mass is 10.2. The van der Waals surface area contributed by atoms with Crippen LogP contribution < -0.4 is 15.5 Å². The fourth-order valence-electron chi connectivity index (χ4n) is 2.82. The van der Waals surface area contributed by atoms with Crippen molar-refractivity contribution < 1.29 is 4.79 Å². The van der Waals surface area contributed by atoms with Crippen LogP contribution in [0.15, 0.2) is 42.7 Å². The van der Waals surface area contributed by atoms with Gasteiger partial charge < -0.3 is 15.5 Å². The number of aromatic nitrogens is 1. The van der Waals surface area contributed by atoms with Gasteiger partial charge in [-0.05, 0) is 50.6 Å². The van der Waals surface area contributed by atoms with E-state index in [0.29, 0.717) is 12.1 Å². The molecule has 1 aromatic heterocycles. The lowest BCUT2D eigenvalue weighted by Crippen LogP contribution is -2.24. The molecule has 0 bridgehead atoms. The molecule has 0 aliphatic heterocycles. The molecule has 2 aromatic rings. The van der Waals surface area contributed by atoms with Gasteiger partial charge in [-0.1, -0.05) is 19.8 Å². The molecule has 0 saturated heterocycles. The zero-order valence-electron chi connectivity index (χ0n) is 16.1. The summed E-state index contributed by atoms with van der Waals surface area (Å²) in [6.07, 6.45) is 6.61. The topological polar surface area (TPSA) is 57.3 Å². The third kappa shape index (κ3) is 5.76. The van der Waals surface area contributed by atoms with Crippen molar-refractivity contribution in [3.05, 3.63) is 48.3 Å². The largest absolute Gasteiger partial charge is 0.372 e. The summed E-state index contributed by atoms with van der Waals surface area (Å²) in [5, 5.41) is 6.26. The molecule has 140 valence electrons. The summed E-state index contributed by atoms with van der Waals surface area (Å²) in [6.45, 7) is 9.14. The van der Waals surface area contributed by atoms with Gasteiger partial charge in [0.05, 0.1) is 17.4 Å². The molecule has 1 heterocycles. The number of pyridine rings is 1. The molecule has 0 aliphatic carbocycles. The average Bonchev–Trinajstić information content (AvgIpc) is 2.67. The van der Waals surface area contributed by atoms with Crippen molar-refractivity contribution in [2.45, 2.75) is 40.0 Å². The Kier molecular flexibility index (Phi) is 7.93. The Bertz CT molecular complexity index is 681. The summed E-state index contributed by atoms with van der Waals surface area (Å²) in [5.74, 6) is -0.0749. The minimum absolute atomic E-state index is 0.0749. The maximum Gasteiger partial charge on any atom is 0.252 e. The Balaban J connectivity index is 1.98. The second-order valence-corrected chi connectivity index (χ2v) is 6.27. The molecule has 1 amide bonds. The van der Waals surface area contributed by atoms with Gasteiger partial charge in [-0.15, -0.1) is 0 Å². The normalized spacial score (nSPS) is 10.4. The molecule has 26 heavy (non-hydrogen) atoms. The highest BCUT2D eigenvalue weighted by atomic mass is 16.1. The van der Waals surface area contributed by atoms with Crippen molar-refractivity contribution in [3.8, 4) is 0 Å². The van der Waals surface area contributed by atoms with Gasteiger partial charge in [0.15, 0.2) is 0 Å². The van der Waals surface area contributed by atoms with E-state index in [1.54, 1.807) is 12.4 Å². The van der Waals surface area contributed by atoms with Crippen molar-refractivity contribution in [3.63, 3.8) is 0 Å². The first kappa shape index (κ1) is 19.8. The first-order valence-electron chi connectivity index (χ1n) is 9.53. The van der Waals surface area contributed by atoms with Gasteiger partial charge in [0.25, 0.3) is 5.91 Å². The summed E-state index contributed by atoms with van der Waals surface area (Å²) >= 11 is 0. The smallest absolute Gasteiger partial charge is 0.252 e. The van der Waals surface area contributed by atoms with Gasteiger partial charge in [-0.3, -0.25) is 9.78 Å². The minimum Gasteiger partial charge on any atom is -0.372 e. The number of nitrogens with zero attached hydrogens (tertiary/aromatic N) is 2. The van der Waals surface area contributed by atoms with E-state index in [9.17, 15) is 4.79 Å². The van der Waals surface area contributed by atoms with Crippen LogP contribution in [0.4, 0.5) is 17.1 Å². The van der Waals surface area contributed by atoms with Crippen LogP contribution in [-0.2, 0) is 0 Å². The van der Waals surface area contributed by atoms with E-state index in [4.69, 9.17) is 0 Å². The number of carbonyl (C=O) groups is 1. The predicted octanol–water partition coefficient (Wildman–Crippen LogP) is 4.59. The lowest BCUT2D eigenvalue weighted by molar-refractivity contribution is 0.0952. The molecule has 0 unspecified atom stereocenters. The zero-order chi connectivity index (χ0) is 18.8. The summed E-state index contributed by atoms with van der Waals surface area (Å²) in [7, 11) is 0. The fourth-order valence-corrected chi connectivity index (χ4v) is 2.82. The van der Waals surface area contributed by atoms with E-state index < -0.39 is 0 Å². The molecule has 0 spiro atoms. The molecule has 2 rings (SSSR count). The number of benzene rings is 1. The fraction of sp³-hybridized carbons (Fsp3) is 0.429. The Morgan fingerprint density at radius 1 is 1.00 bits per heavy atom. The second-order valence-electron chi connectivity index (χ2n) is 6.27. The molecule has 0 radical (unpaired) electrons. The molecular weight excluding hydrogens is 324 g/mol. The third-order valence-electron chi connectivity index (χ3n) is 4.35. The van der Waals surface area contributed by atoms with Crippen LogP contribution in [0.3, 0.4) is 0 Å². The monoisotopic (exact) mass is 354 g/mol. The maximum absolute atomic E-state index is 12.2. The van der Waals surface area contributed by atoms with Crippen LogP contribution in [0, 0.1) is 0 Å². The molecule has 0 fully saturated rings. The van der Waals surface area contributed by atoms with Gasteiger partial charge in [0, 0.05) is 37.2 Å². The molecule has 0 aliphatic rings. The third-order valence-corrected chi connectivity index (χ3v) is 4.35. The molecule has 1 aromatic carbocycles. The summed E-state index contributed by atoms with van der Waals surface area (Å²) in [6, 6.07) is 10.1. The molecule has 0 atom stereocenters. The molecule has 5 nitrogen and oxygen atoms in total. The second kappa shape index (κ2) is 10.4. The van der Waals surface area contributed by atoms with Crippen molar-refractivity contribution >= 4 is 23.0 Å². The quantitative estimate of drug-likeness (QED) is 0.613. The lowest BCUT2D eigenvalue weighted by Gasteiger charge is -2.21. The van der Waals surface area contributed by atoms with Gasteiger partial charge in [-0.25, -0.2) is 0 Å². The van der Waals surface area contributed by atoms with Crippen molar-refractivity contribution in [2.75, 3.05) is 29.9 Å². The first-order valence-corrected chi connectivity index (χ1v) is 9.53. The Morgan fingerprint density at radius 2 is 1.73 bits per heavy atom. The summed E-state index contributed by atoms with van der Waals surface area (Å²) in [4.78, 5) is 18.7. The highest BCUT2D eigenvalue weighted by molar-refractivity contribution is 5.94. The van der Waals surface area contributed by atoms with E-state index in [2.05, 4.69) is 53.4 Å². The number of hydrogen-bond donors (Lipinski definition) is 2. The van der Waals surface area contributed by atoms with E-state index in [-0.39, 0.29) is 5.91 Å². The first-order chi connectivity index (χ1) is 12.7. The maximum atomic E-state index is 12.2. The van der Waals surface area contributed by atoms with Crippen LogP contribution in [0.5, 0.6) is 0 Å². The highest BCUT2D eigenvalue weighted by Gasteiger charge is 2.07.